The molecule has 3 aromatic rings. The average molecular weight is 474 g/mol. The van der Waals surface area contributed by atoms with Crippen LogP contribution in [-0.2, 0) is 9.59 Å². The molecule has 7 heteroatoms. The van der Waals surface area contributed by atoms with Gasteiger partial charge in [-0.25, -0.2) is 0 Å². The predicted octanol–water partition coefficient (Wildman–Crippen LogP) is 4.94. The van der Waals surface area contributed by atoms with Crippen LogP contribution in [0.5, 0.6) is 5.75 Å². The highest BCUT2D eigenvalue weighted by Crippen LogP contribution is 2.28. The first-order chi connectivity index (χ1) is 16.2. The number of benzene rings is 2. The maximum atomic E-state index is 13.4. The van der Waals surface area contributed by atoms with Crippen molar-refractivity contribution in [3.63, 3.8) is 0 Å². The largest absolute Gasteiger partial charge is 0.494 e. The number of anilines is 1. The van der Waals surface area contributed by atoms with Crippen LogP contribution in [0.1, 0.15) is 35.0 Å². The number of carbonyl (C=O) groups excluding carboxylic acids is 2. The zero-order valence-electron chi connectivity index (χ0n) is 19.9. The number of nitrogens with one attached hydrogen (secondary N) is 1. The van der Waals surface area contributed by atoms with Crippen molar-refractivity contribution < 1.29 is 14.3 Å². The normalized spacial score (nSPS) is 15.1. The second-order valence-electron chi connectivity index (χ2n) is 8.34. The fourth-order valence-electron chi connectivity index (χ4n) is 4.28. The summed E-state index contributed by atoms with van der Waals surface area (Å²) in [5, 5.41) is 2.75. The van der Waals surface area contributed by atoms with Gasteiger partial charge in [-0.05, 0) is 100 Å². The van der Waals surface area contributed by atoms with Crippen LogP contribution in [0.25, 0.3) is 11.8 Å². The van der Waals surface area contributed by atoms with Crippen molar-refractivity contribution in [3.05, 3.63) is 82.2 Å². The Morgan fingerprint density at radius 3 is 2.35 bits per heavy atom. The summed E-state index contributed by atoms with van der Waals surface area (Å²) in [5.41, 5.74) is 6.35. The molecule has 0 saturated carbocycles. The van der Waals surface area contributed by atoms with E-state index >= 15 is 0 Å². The highest BCUT2D eigenvalue weighted by molar-refractivity contribution is 7.80. The molecule has 0 spiro atoms. The first-order valence-electron chi connectivity index (χ1n) is 11.1. The fourth-order valence-corrected chi connectivity index (χ4v) is 4.55. The number of aromatic nitrogens is 1. The van der Waals surface area contributed by atoms with E-state index < -0.39 is 11.8 Å². The minimum atomic E-state index is -0.498. The van der Waals surface area contributed by atoms with Gasteiger partial charge in [0.05, 0.1) is 12.3 Å². The van der Waals surface area contributed by atoms with Crippen LogP contribution in [0.15, 0.2) is 54.1 Å². The zero-order chi connectivity index (χ0) is 24.6. The Bertz CT molecular complexity index is 1340. The van der Waals surface area contributed by atoms with Crippen LogP contribution < -0.4 is 15.0 Å². The van der Waals surface area contributed by atoms with Crippen LogP contribution >= 0.6 is 12.2 Å². The van der Waals surface area contributed by atoms with Gasteiger partial charge in [0.15, 0.2) is 5.11 Å². The molecule has 1 N–H and O–H groups in total. The van der Waals surface area contributed by atoms with Gasteiger partial charge < -0.3 is 9.30 Å². The molecule has 6 nitrogen and oxygen atoms in total. The Hall–Kier alpha value is -3.71. The molecule has 0 atom stereocenters. The van der Waals surface area contributed by atoms with Gasteiger partial charge in [0.25, 0.3) is 11.8 Å². The zero-order valence-corrected chi connectivity index (χ0v) is 20.7. The van der Waals surface area contributed by atoms with Gasteiger partial charge in [0.2, 0.25) is 0 Å². The van der Waals surface area contributed by atoms with E-state index in [1.54, 1.807) is 6.08 Å². The van der Waals surface area contributed by atoms with Crippen LogP contribution in [0.2, 0.25) is 0 Å². The minimum Gasteiger partial charge on any atom is -0.494 e. The van der Waals surface area contributed by atoms with E-state index in [1.165, 1.54) is 4.90 Å². The molecule has 34 heavy (non-hydrogen) atoms. The van der Waals surface area contributed by atoms with Crippen molar-refractivity contribution in [2.75, 3.05) is 11.5 Å². The summed E-state index contributed by atoms with van der Waals surface area (Å²) < 4.78 is 7.62. The van der Waals surface area contributed by atoms with Gasteiger partial charge in [-0.1, -0.05) is 17.7 Å². The number of carbonyl (C=O) groups is 2. The summed E-state index contributed by atoms with van der Waals surface area (Å²) in [4.78, 5) is 27.6. The Labute approximate surface area is 204 Å². The quantitative estimate of drug-likeness (QED) is 0.324. The van der Waals surface area contributed by atoms with Gasteiger partial charge in [0, 0.05) is 17.1 Å². The maximum Gasteiger partial charge on any atom is 0.270 e. The van der Waals surface area contributed by atoms with E-state index in [0.29, 0.717) is 12.3 Å². The van der Waals surface area contributed by atoms with Crippen LogP contribution in [0.3, 0.4) is 0 Å². The second-order valence-corrected chi connectivity index (χ2v) is 8.72. The summed E-state index contributed by atoms with van der Waals surface area (Å²) in [6.07, 6.45) is 1.64. The van der Waals surface area contributed by atoms with Gasteiger partial charge in [-0.15, -0.1) is 0 Å². The lowest BCUT2D eigenvalue weighted by atomic mass is 10.0. The molecule has 0 radical (unpaired) electrons. The molecule has 4 rings (SSSR count). The number of rotatable bonds is 5. The Kier molecular flexibility index (Phi) is 6.39. The van der Waals surface area contributed by atoms with Crippen molar-refractivity contribution in [1.29, 1.82) is 0 Å². The minimum absolute atomic E-state index is 0.0421. The molecular weight excluding hydrogens is 446 g/mol. The van der Waals surface area contributed by atoms with Gasteiger partial charge >= 0.3 is 0 Å². The second kappa shape index (κ2) is 9.27. The molecule has 1 aliphatic heterocycles. The number of amides is 2. The molecule has 2 heterocycles. The first-order valence-corrected chi connectivity index (χ1v) is 11.5. The van der Waals surface area contributed by atoms with Gasteiger partial charge in [-0.3, -0.25) is 19.8 Å². The molecule has 0 unspecified atom stereocenters. The lowest BCUT2D eigenvalue weighted by molar-refractivity contribution is -0.122. The molecule has 174 valence electrons. The molecule has 2 aromatic carbocycles. The van der Waals surface area contributed by atoms with Crippen LogP contribution in [0.4, 0.5) is 5.69 Å². The van der Waals surface area contributed by atoms with E-state index in [2.05, 4.69) is 9.88 Å². The van der Waals surface area contributed by atoms with Crippen molar-refractivity contribution in [3.8, 4) is 11.4 Å². The molecule has 1 aliphatic rings. The topological polar surface area (TPSA) is 63.6 Å². The van der Waals surface area contributed by atoms with Crippen LogP contribution in [0, 0.1) is 27.7 Å². The molecule has 1 fully saturated rings. The number of ether oxygens (including phenoxy) is 1. The molecule has 0 aliphatic carbocycles. The molecule has 2 amide bonds. The average Bonchev–Trinajstić information content (AvgIpc) is 3.06. The molecule has 0 bridgehead atoms. The number of nitrogens with zero attached hydrogens (tertiary/aromatic N) is 2. The van der Waals surface area contributed by atoms with Gasteiger partial charge in [-0.2, -0.15) is 0 Å². The third-order valence-corrected chi connectivity index (χ3v) is 6.16. The SMILES string of the molecule is CCOc1ccc(-n2c(C)cc(/C=C3\C(=O)NC(=S)N(c4ccc(C)cc4C)C3=O)c2C)cc1. The van der Waals surface area contributed by atoms with Crippen molar-refractivity contribution in [2.24, 2.45) is 0 Å². The molecular formula is C27H27N3O3S. The fraction of sp³-hybridized carbons (Fsp3) is 0.222. The van der Waals surface area contributed by atoms with Gasteiger partial charge in [0.1, 0.15) is 11.3 Å². The monoisotopic (exact) mass is 473 g/mol. The standard InChI is InChI=1S/C27H27N3O3S/c1-6-33-22-10-8-21(9-11-22)29-18(4)14-20(19(29)5)15-23-25(31)28-27(34)30(26(23)32)24-12-7-16(2)13-17(24)3/h7-15H,6H2,1-5H3,(H,28,31,34)/b23-15+. The van der Waals surface area contributed by atoms with Crippen molar-refractivity contribution in [2.45, 2.75) is 34.6 Å². The van der Waals surface area contributed by atoms with E-state index in [9.17, 15) is 9.59 Å². The summed E-state index contributed by atoms with van der Waals surface area (Å²) in [5.74, 6) is -0.128. The Balaban J connectivity index is 1.73. The third kappa shape index (κ3) is 4.26. The number of hydrogen-bond donors (Lipinski definition) is 1. The summed E-state index contributed by atoms with van der Waals surface area (Å²) in [6.45, 7) is 10.4. The maximum absolute atomic E-state index is 13.4. The lowest BCUT2D eigenvalue weighted by Gasteiger charge is -2.30. The smallest absolute Gasteiger partial charge is 0.270 e. The number of aryl methyl sites for hydroxylation is 3. The lowest BCUT2D eigenvalue weighted by Crippen LogP contribution is -2.54. The molecule has 1 aromatic heterocycles. The summed E-state index contributed by atoms with van der Waals surface area (Å²) in [6, 6.07) is 15.5. The number of hydrogen-bond acceptors (Lipinski definition) is 4. The summed E-state index contributed by atoms with van der Waals surface area (Å²) in [7, 11) is 0. The van der Waals surface area contributed by atoms with Crippen molar-refractivity contribution in [1.82, 2.24) is 9.88 Å². The third-order valence-electron chi connectivity index (χ3n) is 5.87. The molecule has 1 saturated heterocycles. The highest BCUT2D eigenvalue weighted by Gasteiger charge is 2.35. The predicted molar refractivity (Wildman–Crippen MR) is 139 cm³/mol. The number of thiocarbonyl (C=S) groups is 1. The highest BCUT2D eigenvalue weighted by atomic mass is 32.1. The first kappa shape index (κ1) is 23.4. The van der Waals surface area contributed by atoms with E-state index in [1.807, 2.05) is 83.1 Å². The van der Waals surface area contributed by atoms with E-state index in [4.69, 9.17) is 17.0 Å². The Morgan fingerprint density at radius 1 is 1.00 bits per heavy atom. The Morgan fingerprint density at radius 2 is 1.71 bits per heavy atom. The summed E-state index contributed by atoms with van der Waals surface area (Å²) >= 11 is 5.35. The van der Waals surface area contributed by atoms with Crippen molar-refractivity contribution >= 4 is 40.9 Å². The van der Waals surface area contributed by atoms with E-state index in [-0.39, 0.29) is 10.7 Å². The van der Waals surface area contributed by atoms with Crippen LogP contribution in [-0.4, -0.2) is 28.1 Å². The van der Waals surface area contributed by atoms with E-state index in [0.717, 1.165) is 39.5 Å².